The summed E-state index contributed by atoms with van der Waals surface area (Å²) in [5.41, 5.74) is 6.79. The van der Waals surface area contributed by atoms with Crippen molar-refractivity contribution in [1.82, 2.24) is 0 Å². The van der Waals surface area contributed by atoms with Crippen LogP contribution >= 0.6 is 90.4 Å². The van der Waals surface area contributed by atoms with Gasteiger partial charge < -0.3 is 20.7 Å². The fraction of sp³-hybridized carbons (Fsp3) is 0.133. The van der Waals surface area contributed by atoms with Crippen molar-refractivity contribution in [3.8, 4) is 17.2 Å². The van der Waals surface area contributed by atoms with E-state index in [1.807, 2.05) is 90.4 Å². The maximum Gasteiger partial charge on any atom is 0.328 e. The van der Waals surface area contributed by atoms with Gasteiger partial charge in [0.15, 0.2) is 0 Å². The van der Waals surface area contributed by atoms with Crippen LogP contribution < -0.4 is 10.5 Å². The van der Waals surface area contributed by atoms with Gasteiger partial charge in [-0.15, -0.1) is 0 Å². The van der Waals surface area contributed by atoms with E-state index in [1.54, 1.807) is 24.3 Å². The molecule has 4 N–H and O–H groups in total. The number of aromatic hydroxyl groups is 2. The fourth-order valence-corrected chi connectivity index (χ4v) is 5.47. The minimum atomic E-state index is -0.828. The van der Waals surface area contributed by atoms with Crippen molar-refractivity contribution in [2.75, 3.05) is 0 Å². The molecule has 0 saturated heterocycles. The molecule has 0 radical (unpaired) electrons. The van der Waals surface area contributed by atoms with Gasteiger partial charge in [-0.25, -0.2) is 4.79 Å². The van der Waals surface area contributed by atoms with Crippen molar-refractivity contribution in [1.29, 1.82) is 0 Å². The van der Waals surface area contributed by atoms with E-state index in [4.69, 9.17) is 10.5 Å². The molecular weight excluding hydrogens is 766 g/mol. The van der Waals surface area contributed by atoms with E-state index in [9.17, 15) is 15.0 Å². The van der Waals surface area contributed by atoms with E-state index in [-0.39, 0.29) is 11.5 Å². The van der Waals surface area contributed by atoms with E-state index >= 15 is 0 Å². The number of halogens is 4. The molecule has 1 atom stereocenters. The number of rotatable bonds is 4. The lowest BCUT2D eigenvalue weighted by Crippen LogP contribution is -2.36. The molecule has 0 bridgehead atoms. The molecule has 0 saturated carbocycles. The zero-order valence-corrected chi connectivity index (χ0v) is 20.5. The Morgan fingerprint density at radius 2 is 1.38 bits per heavy atom. The summed E-state index contributed by atoms with van der Waals surface area (Å²) in [6, 6.07) is 5.91. The molecule has 0 aromatic heterocycles. The number of esters is 1. The van der Waals surface area contributed by atoms with Crippen LogP contribution in [0, 0.1) is 14.3 Å². The van der Waals surface area contributed by atoms with Crippen LogP contribution in [0.5, 0.6) is 17.2 Å². The molecule has 0 heterocycles. The van der Waals surface area contributed by atoms with Gasteiger partial charge in [-0.2, -0.15) is 0 Å². The Kier molecular flexibility index (Phi) is 7.64. The number of ether oxygens (including phenoxy) is 1. The van der Waals surface area contributed by atoms with Crippen molar-refractivity contribution in [3.05, 3.63) is 44.1 Å². The molecule has 0 amide bonds. The summed E-state index contributed by atoms with van der Waals surface area (Å²) < 4.78 is 7.92. The van der Waals surface area contributed by atoms with Crippen molar-refractivity contribution >= 4 is 96.3 Å². The van der Waals surface area contributed by atoms with Crippen LogP contribution in [-0.4, -0.2) is 22.2 Å². The summed E-state index contributed by atoms with van der Waals surface area (Å²) in [5.74, 6) is 0.181. The summed E-state index contributed by atoms with van der Waals surface area (Å²) in [6.07, 6.45) is 0.303. The highest BCUT2D eigenvalue weighted by atomic mass is 127. The van der Waals surface area contributed by atoms with Gasteiger partial charge in [0, 0.05) is 0 Å². The second-order valence-electron chi connectivity index (χ2n) is 4.88. The Bertz CT molecular complexity index is 751. The third kappa shape index (κ3) is 5.20. The topological polar surface area (TPSA) is 92.8 Å². The van der Waals surface area contributed by atoms with Crippen molar-refractivity contribution in [2.24, 2.45) is 5.73 Å². The van der Waals surface area contributed by atoms with E-state index < -0.39 is 12.0 Å². The number of hydrogen-bond donors (Lipinski definition) is 3. The molecule has 0 aliphatic rings. The molecule has 0 unspecified atom stereocenters. The zero-order valence-electron chi connectivity index (χ0n) is 11.9. The zero-order chi connectivity index (χ0) is 18.0. The SMILES string of the molecule is N[C@@H](Cc1cc(I)c(O)c(I)c1)C(=O)Oc1cc(I)c(O)c(I)c1. The number of phenolic OH excluding ortho intramolecular Hbond substituents is 2. The number of nitrogens with two attached hydrogens (primary N) is 1. The Morgan fingerprint density at radius 3 is 1.83 bits per heavy atom. The summed E-state index contributed by atoms with van der Waals surface area (Å²) in [4.78, 5) is 12.2. The van der Waals surface area contributed by atoms with Crippen LogP contribution in [0.3, 0.4) is 0 Å². The minimum Gasteiger partial charge on any atom is -0.506 e. The predicted octanol–water partition coefficient (Wildman–Crippen LogP) is 3.99. The van der Waals surface area contributed by atoms with Gasteiger partial charge in [-0.1, -0.05) is 0 Å². The molecule has 0 aliphatic carbocycles. The number of hydrogen-bond acceptors (Lipinski definition) is 5. The summed E-state index contributed by atoms with van der Waals surface area (Å²) >= 11 is 7.99. The quantitative estimate of drug-likeness (QED) is 0.249. The third-order valence-electron chi connectivity index (χ3n) is 3.04. The Hall–Kier alpha value is 0.390. The van der Waals surface area contributed by atoms with E-state index in [2.05, 4.69) is 0 Å². The molecule has 24 heavy (non-hydrogen) atoms. The largest absolute Gasteiger partial charge is 0.506 e. The Labute approximate surface area is 193 Å². The summed E-state index contributed by atoms with van der Waals surface area (Å²) in [7, 11) is 0. The molecule has 0 fully saturated rings. The van der Waals surface area contributed by atoms with Gasteiger partial charge >= 0.3 is 5.97 Å². The normalized spacial score (nSPS) is 12.0. The number of phenols is 2. The smallest absolute Gasteiger partial charge is 0.328 e. The standard InChI is InChI=1S/C15H11I4NO4/c16-8-1-6(2-9(17)13(8)21)3-12(20)15(23)24-7-4-10(18)14(22)11(19)5-7/h1-2,4-5,12,21-22H,3,20H2/t12-/m0/s1. The van der Waals surface area contributed by atoms with Crippen molar-refractivity contribution < 1.29 is 19.7 Å². The van der Waals surface area contributed by atoms with E-state index in [0.717, 1.165) is 5.56 Å². The monoisotopic (exact) mass is 777 g/mol. The lowest BCUT2D eigenvalue weighted by Gasteiger charge is -2.13. The van der Waals surface area contributed by atoms with Gasteiger partial charge in [0.1, 0.15) is 23.3 Å². The van der Waals surface area contributed by atoms with Crippen LogP contribution in [0.15, 0.2) is 24.3 Å². The molecule has 2 aromatic rings. The van der Waals surface area contributed by atoms with Crippen LogP contribution in [-0.2, 0) is 11.2 Å². The molecule has 5 nitrogen and oxygen atoms in total. The highest BCUT2D eigenvalue weighted by molar-refractivity contribution is 14.1. The highest BCUT2D eigenvalue weighted by Gasteiger charge is 2.19. The maximum atomic E-state index is 12.2. The molecule has 0 aliphatic heterocycles. The second kappa shape index (κ2) is 8.85. The summed E-state index contributed by atoms with van der Waals surface area (Å²) in [6.45, 7) is 0. The third-order valence-corrected chi connectivity index (χ3v) is 6.33. The van der Waals surface area contributed by atoms with Crippen LogP contribution in [0.1, 0.15) is 5.56 Å². The Morgan fingerprint density at radius 1 is 0.958 bits per heavy atom. The summed E-state index contributed by atoms with van der Waals surface area (Å²) in [5, 5.41) is 19.5. The second-order valence-corrected chi connectivity index (χ2v) is 9.52. The van der Waals surface area contributed by atoms with E-state index in [1.165, 1.54) is 0 Å². The number of carbonyl (C=O) groups is 1. The van der Waals surface area contributed by atoms with E-state index in [0.29, 0.717) is 26.5 Å². The molecule has 2 aromatic carbocycles. The van der Waals surface area contributed by atoms with Crippen LogP contribution in [0.2, 0.25) is 0 Å². The van der Waals surface area contributed by atoms with Crippen molar-refractivity contribution in [3.63, 3.8) is 0 Å². The van der Waals surface area contributed by atoms with Gasteiger partial charge in [0.2, 0.25) is 0 Å². The molecule has 0 spiro atoms. The first kappa shape index (κ1) is 20.7. The number of carbonyl (C=O) groups excluding carboxylic acids is 1. The minimum absolute atomic E-state index is 0.161. The van der Waals surface area contributed by atoms with Gasteiger partial charge in [0.25, 0.3) is 0 Å². The average Bonchev–Trinajstić information content (AvgIpc) is 2.50. The van der Waals surface area contributed by atoms with Crippen LogP contribution in [0.25, 0.3) is 0 Å². The lowest BCUT2D eigenvalue weighted by molar-refractivity contribution is -0.135. The van der Waals surface area contributed by atoms with Gasteiger partial charge in [0.05, 0.1) is 14.3 Å². The first-order valence-electron chi connectivity index (χ1n) is 6.51. The highest BCUT2D eigenvalue weighted by Crippen LogP contribution is 2.31. The predicted molar refractivity (Wildman–Crippen MR) is 124 cm³/mol. The maximum absolute atomic E-state index is 12.2. The molecular formula is C15H11I4NO4. The molecule has 9 heteroatoms. The average molecular weight is 777 g/mol. The van der Waals surface area contributed by atoms with Crippen LogP contribution in [0.4, 0.5) is 0 Å². The van der Waals surface area contributed by atoms with Crippen molar-refractivity contribution in [2.45, 2.75) is 12.5 Å². The van der Waals surface area contributed by atoms with Gasteiger partial charge in [-0.3, -0.25) is 0 Å². The lowest BCUT2D eigenvalue weighted by atomic mass is 10.1. The Balaban J connectivity index is 2.10. The molecule has 128 valence electrons. The fourth-order valence-electron chi connectivity index (χ4n) is 1.87. The van der Waals surface area contributed by atoms with Gasteiger partial charge in [-0.05, 0) is 127 Å². The first-order valence-corrected chi connectivity index (χ1v) is 10.8. The first-order chi connectivity index (χ1) is 11.2. The molecule has 2 rings (SSSR count). The number of benzene rings is 2.